The number of carbonyl (C=O) groups is 1. The molecule has 0 N–H and O–H groups in total. The number of esters is 1. The SMILES string of the molecule is COC(=O)c1oc(C)c([O-])c1[O-].[Na+].[Na+]. The van der Waals surface area contributed by atoms with Gasteiger partial charge in [0, 0.05) is 0 Å². The molecule has 0 saturated heterocycles. The van der Waals surface area contributed by atoms with Gasteiger partial charge < -0.3 is 19.4 Å². The molecule has 0 aliphatic rings. The first-order chi connectivity index (χ1) is 5.57. The van der Waals surface area contributed by atoms with E-state index in [0.29, 0.717) is 0 Å². The van der Waals surface area contributed by atoms with Crippen LogP contribution in [0, 0.1) is 6.92 Å². The van der Waals surface area contributed by atoms with E-state index < -0.39 is 23.2 Å². The van der Waals surface area contributed by atoms with E-state index in [0.717, 1.165) is 7.11 Å². The van der Waals surface area contributed by atoms with E-state index in [1.54, 1.807) is 0 Å². The largest absolute Gasteiger partial charge is 1.00 e. The van der Waals surface area contributed by atoms with Crippen LogP contribution in [0.5, 0.6) is 11.5 Å². The zero-order valence-corrected chi connectivity index (χ0v) is 12.5. The molecule has 0 amide bonds. The smallest absolute Gasteiger partial charge is 0.871 e. The number of furan rings is 1. The minimum absolute atomic E-state index is 0. The number of hydrogen-bond donors (Lipinski definition) is 0. The summed E-state index contributed by atoms with van der Waals surface area (Å²) < 4.78 is 8.81. The average Bonchev–Trinajstić information content (AvgIpc) is 2.32. The van der Waals surface area contributed by atoms with Gasteiger partial charge in [0.1, 0.15) is 0 Å². The number of aryl methyl sites for hydroxylation is 1. The summed E-state index contributed by atoms with van der Waals surface area (Å²) in [6.07, 6.45) is 0. The van der Waals surface area contributed by atoms with Crippen molar-refractivity contribution in [1.29, 1.82) is 0 Å². The van der Waals surface area contributed by atoms with Crippen molar-refractivity contribution < 1.29 is 83.3 Å². The zero-order valence-electron chi connectivity index (χ0n) is 8.54. The molecule has 14 heavy (non-hydrogen) atoms. The third-order valence-electron chi connectivity index (χ3n) is 1.36. The molecule has 0 saturated carbocycles. The topological polar surface area (TPSA) is 85.6 Å². The van der Waals surface area contributed by atoms with Crippen molar-refractivity contribution in [3.8, 4) is 11.5 Å². The molecule has 66 valence electrons. The van der Waals surface area contributed by atoms with Gasteiger partial charge in [-0.25, -0.2) is 4.79 Å². The first-order valence-electron chi connectivity index (χ1n) is 3.13. The quantitative estimate of drug-likeness (QED) is 0.344. The van der Waals surface area contributed by atoms with Gasteiger partial charge in [-0.1, -0.05) is 11.5 Å². The Kier molecular flexibility index (Phi) is 8.10. The molecule has 0 radical (unpaired) electrons. The predicted molar refractivity (Wildman–Crippen MR) is 33.7 cm³/mol. The maximum absolute atomic E-state index is 10.9. The number of carbonyl (C=O) groups excluding carboxylic acids is 1. The van der Waals surface area contributed by atoms with Gasteiger partial charge in [0.2, 0.25) is 5.76 Å². The summed E-state index contributed by atoms with van der Waals surface area (Å²) >= 11 is 0. The average molecular weight is 216 g/mol. The summed E-state index contributed by atoms with van der Waals surface area (Å²) in [5.74, 6) is -3.32. The molecule has 0 atom stereocenters. The Morgan fingerprint density at radius 3 is 2.07 bits per heavy atom. The summed E-state index contributed by atoms with van der Waals surface area (Å²) in [4.78, 5) is 10.7. The van der Waals surface area contributed by atoms with Crippen LogP contribution in [0.1, 0.15) is 16.3 Å². The van der Waals surface area contributed by atoms with Crippen molar-refractivity contribution in [1.82, 2.24) is 0 Å². The van der Waals surface area contributed by atoms with Gasteiger partial charge in [-0.3, -0.25) is 0 Å². The number of methoxy groups -OCH3 is 1. The van der Waals surface area contributed by atoms with Gasteiger partial charge >= 0.3 is 65.1 Å². The summed E-state index contributed by atoms with van der Waals surface area (Å²) in [7, 11) is 1.10. The van der Waals surface area contributed by atoms with E-state index in [4.69, 9.17) is 0 Å². The van der Waals surface area contributed by atoms with E-state index in [1.165, 1.54) is 6.92 Å². The van der Waals surface area contributed by atoms with Crippen LogP contribution in [0.4, 0.5) is 0 Å². The Hall–Kier alpha value is 0.350. The fourth-order valence-electron chi connectivity index (χ4n) is 0.736. The summed E-state index contributed by atoms with van der Waals surface area (Å²) in [5.41, 5.74) is 0. The third kappa shape index (κ3) is 3.18. The molecule has 1 heterocycles. The molecule has 0 spiro atoms. The second-order valence-electron chi connectivity index (χ2n) is 2.14. The fourth-order valence-corrected chi connectivity index (χ4v) is 0.736. The first-order valence-corrected chi connectivity index (χ1v) is 3.13. The van der Waals surface area contributed by atoms with Gasteiger partial charge in [0.25, 0.3) is 0 Å². The first kappa shape index (κ1) is 16.8. The maximum atomic E-state index is 10.9. The Bertz CT molecular complexity index is 320. The van der Waals surface area contributed by atoms with Gasteiger partial charge in [-0.2, -0.15) is 0 Å². The van der Waals surface area contributed by atoms with Crippen molar-refractivity contribution in [2.24, 2.45) is 0 Å². The second-order valence-corrected chi connectivity index (χ2v) is 2.14. The Labute approximate surface area is 125 Å². The van der Waals surface area contributed by atoms with Crippen LogP contribution in [0.15, 0.2) is 4.42 Å². The molecule has 1 aromatic heterocycles. The zero-order chi connectivity index (χ0) is 9.30. The molecule has 5 nitrogen and oxygen atoms in total. The van der Waals surface area contributed by atoms with Crippen LogP contribution >= 0.6 is 0 Å². The van der Waals surface area contributed by atoms with Crippen LogP contribution in [-0.4, -0.2) is 13.1 Å². The van der Waals surface area contributed by atoms with E-state index in [-0.39, 0.29) is 64.9 Å². The molecule has 1 aromatic rings. The van der Waals surface area contributed by atoms with Crippen LogP contribution in [0.25, 0.3) is 0 Å². The van der Waals surface area contributed by atoms with Gasteiger partial charge in [-0.15, -0.1) is 0 Å². The van der Waals surface area contributed by atoms with E-state index in [1.807, 2.05) is 0 Å². The Morgan fingerprint density at radius 2 is 1.79 bits per heavy atom. The van der Waals surface area contributed by atoms with Crippen molar-refractivity contribution in [2.45, 2.75) is 6.92 Å². The number of rotatable bonds is 1. The molecule has 0 aliphatic carbocycles. The molecule has 0 bridgehead atoms. The Balaban J connectivity index is 0. The van der Waals surface area contributed by atoms with Gasteiger partial charge in [0.05, 0.1) is 12.9 Å². The minimum Gasteiger partial charge on any atom is -0.871 e. The molecule has 0 unspecified atom stereocenters. The van der Waals surface area contributed by atoms with Crippen LogP contribution in [0.3, 0.4) is 0 Å². The monoisotopic (exact) mass is 216 g/mol. The molecule has 0 aliphatic heterocycles. The molecule has 7 heteroatoms. The standard InChI is InChI=1S/C7H8O5.2Na/c1-3-4(8)5(9)6(12-3)7(10)11-2;;/h8-9H,1-2H3;;/q;2*+1/p-2. The Morgan fingerprint density at radius 1 is 1.29 bits per heavy atom. The molecule has 0 fully saturated rings. The van der Waals surface area contributed by atoms with Crippen molar-refractivity contribution in [3.05, 3.63) is 11.5 Å². The number of ether oxygens (including phenoxy) is 1. The number of hydrogen-bond acceptors (Lipinski definition) is 5. The van der Waals surface area contributed by atoms with Crippen LogP contribution in [-0.2, 0) is 4.74 Å². The van der Waals surface area contributed by atoms with Crippen LogP contribution < -0.4 is 69.3 Å². The normalized spacial score (nSPS) is 8.43. The summed E-state index contributed by atoms with van der Waals surface area (Å²) in [5, 5.41) is 21.7. The van der Waals surface area contributed by atoms with Crippen molar-refractivity contribution in [2.75, 3.05) is 7.11 Å². The van der Waals surface area contributed by atoms with E-state index in [2.05, 4.69) is 9.15 Å². The van der Waals surface area contributed by atoms with E-state index >= 15 is 0 Å². The van der Waals surface area contributed by atoms with Crippen molar-refractivity contribution >= 4 is 5.97 Å². The predicted octanol–water partition coefficient (Wildman–Crippen LogP) is -6.47. The van der Waals surface area contributed by atoms with E-state index in [9.17, 15) is 15.0 Å². The molecule has 1 rings (SSSR count). The summed E-state index contributed by atoms with van der Waals surface area (Å²) in [6.45, 7) is 1.32. The van der Waals surface area contributed by atoms with Gasteiger partial charge in [-0.05, 0) is 6.92 Å². The molecule has 0 aromatic carbocycles. The third-order valence-corrected chi connectivity index (χ3v) is 1.36. The van der Waals surface area contributed by atoms with Crippen LogP contribution in [0.2, 0.25) is 0 Å². The second kappa shape index (κ2) is 6.76. The molecular formula is C7H6Na2O5. The van der Waals surface area contributed by atoms with Crippen molar-refractivity contribution in [3.63, 3.8) is 0 Å². The maximum Gasteiger partial charge on any atom is 1.00 e. The van der Waals surface area contributed by atoms with Gasteiger partial charge in [0.15, 0.2) is 0 Å². The fraction of sp³-hybridized carbons (Fsp3) is 0.286. The molecular weight excluding hydrogens is 210 g/mol. The minimum atomic E-state index is -0.945. The summed E-state index contributed by atoms with van der Waals surface area (Å²) in [6, 6.07) is 0.